The number of nitrogens with one attached hydrogen (secondary N) is 1. The topological polar surface area (TPSA) is 108 Å². The molecule has 3 rings (SSSR count). The Balaban J connectivity index is 1.72. The molecule has 8 nitrogen and oxygen atoms in total. The lowest BCUT2D eigenvalue weighted by atomic mass is 10.2. The van der Waals surface area contributed by atoms with Gasteiger partial charge in [0.15, 0.2) is 11.5 Å². The van der Waals surface area contributed by atoms with Crippen LogP contribution in [-0.2, 0) is 14.8 Å². The van der Waals surface area contributed by atoms with Crippen LogP contribution < -0.4 is 10.2 Å². The number of phenolic OH excluding ortho intramolecular Hbond substituents is 1. The first kappa shape index (κ1) is 23.5. The number of amides is 1. The molecule has 1 fully saturated rings. The van der Waals surface area contributed by atoms with Crippen LogP contribution in [0.3, 0.4) is 0 Å². The average molecular weight is 531 g/mol. The van der Waals surface area contributed by atoms with Crippen LogP contribution in [0.2, 0.25) is 5.02 Å². The van der Waals surface area contributed by atoms with Crippen LogP contribution in [-0.4, -0.2) is 49.1 Å². The molecule has 0 radical (unpaired) electrons. The number of hydrogen-bond donors (Lipinski definition) is 2. The van der Waals surface area contributed by atoms with Gasteiger partial charge in [-0.05, 0) is 77.7 Å². The number of ether oxygens (including phenoxy) is 1. The van der Waals surface area contributed by atoms with E-state index in [1.54, 1.807) is 19.1 Å². The fourth-order valence-corrected chi connectivity index (χ4v) is 5.45. The van der Waals surface area contributed by atoms with Crippen molar-refractivity contribution in [1.29, 1.82) is 0 Å². The molecule has 166 valence electrons. The molecule has 1 saturated heterocycles. The number of rotatable bonds is 7. The molecule has 0 unspecified atom stereocenters. The molecule has 1 aliphatic rings. The largest absolute Gasteiger partial charge is 0.503 e. The molecule has 0 aromatic heterocycles. The lowest BCUT2D eigenvalue weighted by Crippen LogP contribution is -2.44. The molecule has 0 spiro atoms. The zero-order valence-corrected chi connectivity index (χ0v) is 19.7. The Kier molecular flexibility index (Phi) is 7.58. The van der Waals surface area contributed by atoms with E-state index in [1.807, 2.05) is 0 Å². The Morgan fingerprint density at radius 3 is 2.77 bits per heavy atom. The number of aromatic hydroxyl groups is 1. The van der Waals surface area contributed by atoms with E-state index >= 15 is 0 Å². The molecule has 31 heavy (non-hydrogen) atoms. The van der Waals surface area contributed by atoms with Crippen LogP contribution >= 0.6 is 27.5 Å². The van der Waals surface area contributed by atoms with Gasteiger partial charge in [-0.25, -0.2) is 13.8 Å². The van der Waals surface area contributed by atoms with Crippen LogP contribution in [0.25, 0.3) is 0 Å². The number of nitrogens with zero attached hydrogens (tertiary/aromatic N) is 2. The first-order chi connectivity index (χ1) is 14.7. The number of carbonyl (C=O) groups is 1. The normalized spacial score (nSPS) is 17.2. The maximum atomic E-state index is 12.9. The summed E-state index contributed by atoms with van der Waals surface area (Å²) in [7, 11) is -3.84. The van der Waals surface area contributed by atoms with Gasteiger partial charge in [-0.2, -0.15) is 9.41 Å². The van der Waals surface area contributed by atoms with Crippen LogP contribution in [0, 0.1) is 0 Å². The molecule has 2 N–H and O–H groups in total. The Morgan fingerprint density at radius 2 is 2.10 bits per heavy atom. The van der Waals surface area contributed by atoms with Crippen molar-refractivity contribution in [3.63, 3.8) is 0 Å². The van der Waals surface area contributed by atoms with Crippen molar-refractivity contribution in [1.82, 2.24) is 9.73 Å². The highest BCUT2D eigenvalue weighted by Crippen LogP contribution is 2.35. The molecule has 0 aliphatic carbocycles. The number of benzene rings is 2. The third-order valence-electron chi connectivity index (χ3n) is 4.67. The van der Waals surface area contributed by atoms with Gasteiger partial charge >= 0.3 is 0 Å². The van der Waals surface area contributed by atoms with Gasteiger partial charge < -0.3 is 9.84 Å². The second-order valence-corrected chi connectivity index (χ2v) is 9.93. The standard InChI is InChI=1S/C20H21BrClN3O5S/c1-2-30-18-11-13(10-16(21)19(18)26)12-23-24-20(27)17-4-3-9-25(17)31(28,29)15-7-5-14(22)6-8-15/h5-8,10-12,17,26H,2-4,9H2,1H3,(H,24,27)/b23-12-/t17-/m1/s1. The SMILES string of the molecule is CCOc1cc(/C=N\NC(=O)[C@H]2CCCN2S(=O)(=O)c2ccc(Cl)cc2)cc(Br)c1O. The maximum absolute atomic E-state index is 12.9. The average Bonchev–Trinajstić information content (AvgIpc) is 3.23. The summed E-state index contributed by atoms with van der Waals surface area (Å²) >= 11 is 9.08. The number of halogens is 2. The molecule has 2 aromatic carbocycles. The van der Waals surface area contributed by atoms with Crippen molar-refractivity contribution >= 4 is 49.7 Å². The van der Waals surface area contributed by atoms with E-state index in [-0.39, 0.29) is 22.9 Å². The van der Waals surface area contributed by atoms with E-state index in [4.69, 9.17) is 16.3 Å². The van der Waals surface area contributed by atoms with E-state index in [9.17, 15) is 18.3 Å². The number of sulfonamides is 1. The lowest BCUT2D eigenvalue weighted by Gasteiger charge is -2.22. The van der Waals surface area contributed by atoms with Gasteiger partial charge in [0.05, 0.1) is 22.2 Å². The van der Waals surface area contributed by atoms with Crippen LogP contribution in [0.15, 0.2) is 50.9 Å². The summed E-state index contributed by atoms with van der Waals surface area (Å²) in [6.07, 6.45) is 2.35. The molecule has 1 atom stereocenters. The summed E-state index contributed by atoms with van der Waals surface area (Å²) in [6.45, 7) is 2.41. The zero-order chi connectivity index (χ0) is 22.6. The van der Waals surface area contributed by atoms with Gasteiger partial charge in [-0.1, -0.05) is 11.6 Å². The zero-order valence-electron chi connectivity index (χ0n) is 16.6. The fourth-order valence-electron chi connectivity index (χ4n) is 3.21. The smallest absolute Gasteiger partial charge is 0.258 e. The van der Waals surface area contributed by atoms with Gasteiger partial charge in [-0.3, -0.25) is 4.79 Å². The highest BCUT2D eigenvalue weighted by Gasteiger charge is 2.39. The summed E-state index contributed by atoms with van der Waals surface area (Å²) in [6, 6.07) is 8.16. The van der Waals surface area contributed by atoms with Gasteiger partial charge in [0.25, 0.3) is 5.91 Å². The first-order valence-electron chi connectivity index (χ1n) is 9.49. The van der Waals surface area contributed by atoms with Gasteiger partial charge in [0.1, 0.15) is 6.04 Å². The molecule has 2 aromatic rings. The number of hydrazone groups is 1. The molecule has 0 bridgehead atoms. The second-order valence-electron chi connectivity index (χ2n) is 6.74. The third-order valence-corrected chi connectivity index (χ3v) is 7.44. The molecule has 1 heterocycles. The molecular weight excluding hydrogens is 510 g/mol. The molecular formula is C20H21BrClN3O5S. The van der Waals surface area contributed by atoms with Gasteiger partial charge in [0, 0.05) is 11.6 Å². The van der Waals surface area contributed by atoms with E-state index < -0.39 is 22.0 Å². The van der Waals surface area contributed by atoms with E-state index in [2.05, 4.69) is 26.5 Å². The summed E-state index contributed by atoms with van der Waals surface area (Å²) in [4.78, 5) is 12.7. The van der Waals surface area contributed by atoms with Crippen molar-refractivity contribution in [3.05, 3.63) is 51.5 Å². The fraction of sp³-hybridized carbons (Fsp3) is 0.300. The number of carbonyl (C=O) groups excluding carboxylic acids is 1. The molecule has 1 aliphatic heterocycles. The molecule has 11 heteroatoms. The van der Waals surface area contributed by atoms with Gasteiger partial charge in [-0.15, -0.1) is 0 Å². The minimum absolute atomic E-state index is 0.0305. The van der Waals surface area contributed by atoms with E-state index in [0.717, 1.165) is 0 Å². The van der Waals surface area contributed by atoms with Crippen molar-refractivity contribution < 1.29 is 23.1 Å². The summed E-state index contributed by atoms with van der Waals surface area (Å²) in [5.74, 6) is -0.271. The summed E-state index contributed by atoms with van der Waals surface area (Å²) in [5, 5.41) is 14.3. The van der Waals surface area contributed by atoms with Crippen LogP contribution in [0.1, 0.15) is 25.3 Å². The number of phenols is 1. The predicted octanol–water partition coefficient (Wildman–Crippen LogP) is 3.51. The Labute approximate surface area is 194 Å². The second kappa shape index (κ2) is 9.99. The first-order valence-corrected chi connectivity index (χ1v) is 12.1. The Bertz CT molecular complexity index is 1090. The molecule has 0 saturated carbocycles. The highest BCUT2D eigenvalue weighted by atomic mass is 79.9. The minimum atomic E-state index is -3.84. The summed E-state index contributed by atoms with van der Waals surface area (Å²) in [5.41, 5.74) is 2.98. The number of hydrogen-bond acceptors (Lipinski definition) is 6. The molecule has 1 amide bonds. The van der Waals surface area contributed by atoms with E-state index in [0.29, 0.717) is 34.5 Å². The lowest BCUT2D eigenvalue weighted by molar-refractivity contribution is -0.124. The third kappa shape index (κ3) is 5.38. The van der Waals surface area contributed by atoms with Crippen molar-refractivity contribution in [3.8, 4) is 11.5 Å². The highest BCUT2D eigenvalue weighted by molar-refractivity contribution is 9.10. The minimum Gasteiger partial charge on any atom is -0.503 e. The summed E-state index contributed by atoms with van der Waals surface area (Å²) < 4.78 is 32.9. The van der Waals surface area contributed by atoms with Crippen LogP contribution in [0.4, 0.5) is 0 Å². The van der Waals surface area contributed by atoms with Crippen LogP contribution in [0.5, 0.6) is 11.5 Å². The predicted molar refractivity (Wildman–Crippen MR) is 121 cm³/mol. The Morgan fingerprint density at radius 1 is 1.39 bits per heavy atom. The van der Waals surface area contributed by atoms with Crippen molar-refractivity contribution in [2.75, 3.05) is 13.2 Å². The quantitative estimate of drug-likeness (QED) is 0.421. The monoisotopic (exact) mass is 529 g/mol. The Hall–Kier alpha value is -2.14. The van der Waals surface area contributed by atoms with Gasteiger partial charge in [0.2, 0.25) is 10.0 Å². The maximum Gasteiger partial charge on any atom is 0.258 e. The van der Waals surface area contributed by atoms with Crippen molar-refractivity contribution in [2.45, 2.75) is 30.7 Å². The van der Waals surface area contributed by atoms with E-state index in [1.165, 1.54) is 34.8 Å². The van der Waals surface area contributed by atoms with Crippen molar-refractivity contribution in [2.24, 2.45) is 5.10 Å².